The van der Waals surface area contributed by atoms with Gasteiger partial charge in [0.05, 0.1) is 19.3 Å². The SMILES string of the molecule is COc1ccc(-c2cnn(C3CCNCC3)c2)cc1. The van der Waals surface area contributed by atoms with Crippen LogP contribution in [0.4, 0.5) is 0 Å². The second-order valence-corrected chi connectivity index (χ2v) is 4.92. The van der Waals surface area contributed by atoms with Gasteiger partial charge in [-0.15, -0.1) is 0 Å². The van der Waals surface area contributed by atoms with Crippen molar-refractivity contribution in [1.29, 1.82) is 0 Å². The Morgan fingerprint density at radius 1 is 1.16 bits per heavy atom. The minimum Gasteiger partial charge on any atom is -0.497 e. The van der Waals surface area contributed by atoms with Crippen LogP contribution < -0.4 is 10.1 Å². The first-order valence-electron chi connectivity index (χ1n) is 6.76. The van der Waals surface area contributed by atoms with E-state index >= 15 is 0 Å². The lowest BCUT2D eigenvalue weighted by atomic mass is 10.1. The molecule has 0 saturated carbocycles. The Labute approximate surface area is 113 Å². The van der Waals surface area contributed by atoms with Crippen LogP contribution in [-0.4, -0.2) is 30.0 Å². The van der Waals surface area contributed by atoms with Crippen molar-refractivity contribution in [1.82, 2.24) is 15.1 Å². The number of methoxy groups -OCH3 is 1. The summed E-state index contributed by atoms with van der Waals surface area (Å²) in [5.74, 6) is 0.884. The van der Waals surface area contributed by atoms with Crippen molar-refractivity contribution >= 4 is 0 Å². The molecule has 0 aliphatic carbocycles. The number of hydrogen-bond donors (Lipinski definition) is 1. The fraction of sp³-hybridized carbons (Fsp3) is 0.400. The average Bonchev–Trinajstić information content (AvgIpc) is 2.98. The number of hydrogen-bond acceptors (Lipinski definition) is 3. The lowest BCUT2D eigenvalue weighted by molar-refractivity contribution is 0.343. The van der Waals surface area contributed by atoms with Crippen LogP contribution in [0.2, 0.25) is 0 Å². The quantitative estimate of drug-likeness (QED) is 0.918. The summed E-state index contributed by atoms with van der Waals surface area (Å²) in [6.07, 6.45) is 6.41. The highest BCUT2D eigenvalue weighted by Crippen LogP contribution is 2.24. The van der Waals surface area contributed by atoms with Gasteiger partial charge in [0, 0.05) is 11.8 Å². The van der Waals surface area contributed by atoms with Gasteiger partial charge in [0.1, 0.15) is 5.75 Å². The van der Waals surface area contributed by atoms with Crippen LogP contribution in [0.15, 0.2) is 36.7 Å². The van der Waals surface area contributed by atoms with Gasteiger partial charge in [-0.05, 0) is 43.6 Å². The lowest BCUT2D eigenvalue weighted by Gasteiger charge is -2.22. The van der Waals surface area contributed by atoms with E-state index in [1.54, 1.807) is 7.11 Å². The van der Waals surface area contributed by atoms with Crippen molar-refractivity contribution in [3.05, 3.63) is 36.7 Å². The number of nitrogens with one attached hydrogen (secondary N) is 1. The van der Waals surface area contributed by atoms with Crippen LogP contribution in [0.1, 0.15) is 18.9 Å². The largest absolute Gasteiger partial charge is 0.497 e. The van der Waals surface area contributed by atoms with Crippen molar-refractivity contribution in [2.45, 2.75) is 18.9 Å². The molecule has 1 N–H and O–H groups in total. The molecule has 4 heteroatoms. The minimum atomic E-state index is 0.535. The van der Waals surface area contributed by atoms with Gasteiger partial charge in [-0.1, -0.05) is 12.1 Å². The lowest BCUT2D eigenvalue weighted by Crippen LogP contribution is -2.29. The molecule has 19 heavy (non-hydrogen) atoms. The maximum Gasteiger partial charge on any atom is 0.118 e. The summed E-state index contributed by atoms with van der Waals surface area (Å²) in [4.78, 5) is 0. The Hall–Kier alpha value is -1.81. The molecule has 1 aliphatic rings. The fourth-order valence-electron chi connectivity index (χ4n) is 2.54. The van der Waals surface area contributed by atoms with E-state index in [9.17, 15) is 0 Å². The van der Waals surface area contributed by atoms with Crippen LogP contribution in [-0.2, 0) is 0 Å². The number of aromatic nitrogens is 2. The van der Waals surface area contributed by atoms with Crippen LogP contribution in [0.5, 0.6) is 5.75 Å². The zero-order valence-corrected chi connectivity index (χ0v) is 11.2. The number of benzene rings is 1. The molecule has 3 rings (SSSR count). The molecule has 0 bridgehead atoms. The first kappa shape index (κ1) is 12.2. The molecule has 2 heterocycles. The molecule has 0 spiro atoms. The van der Waals surface area contributed by atoms with Crippen molar-refractivity contribution in [2.75, 3.05) is 20.2 Å². The van der Waals surface area contributed by atoms with Crippen LogP contribution in [0.25, 0.3) is 11.1 Å². The van der Waals surface area contributed by atoms with Gasteiger partial charge in [-0.2, -0.15) is 5.10 Å². The number of rotatable bonds is 3. The Morgan fingerprint density at radius 3 is 2.58 bits per heavy atom. The van der Waals surface area contributed by atoms with Crippen molar-refractivity contribution in [3.8, 4) is 16.9 Å². The van der Waals surface area contributed by atoms with Gasteiger partial charge in [-0.25, -0.2) is 0 Å². The molecule has 1 aliphatic heterocycles. The highest BCUT2D eigenvalue weighted by Gasteiger charge is 2.15. The Bertz CT molecular complexity index is 527. The third kappa shape index (κ3) is 2.63. The highest BCUT2D eigenvalue weighted by molar-refractivity contribution is 5.62. The van der Waals surface area contributed by atoms with E-state index in [2.05, 4.69) is 33.4 Å². The molecule has 1 fully saturated rings. The van der Waals surface area contributed by atoms with Gasteiger partial charge in [0.25, 0.3) is 0 Å². The van der Waals surface area contributed by atoms with Crippen molar-refractivity contribution < 1.29 is 4.74 Å². The van der Waals surface area contributed by atoms with Crippen LogP contribution in [0.3, 0.4) is 0 Å². The van der Waals surface area contributed by atoms with E-state index in [0.717, 1.165) is 31.7 Å². The van der Waals surface area contributed by atoms with Gasteiger partial charge in [0.15, 0.2) is 0 Å². The zero-order chi connectivity index (χ0) is 13.1. The summed E-state index contributed by atoms with van der Waals surface area (Å²) in [6.45, 7) is 2.17. The molecule has 1 aromatic heterocycles. The summed E-state index contributed by atoms with van der Waals surface area (Å²) in [7, 11) is 1.68. The third-order valence-corrected chi connectivity index (χ3v) is 3.71. The molecule has 4 nitrogen and oxygen atoms in total. The number of piperidine rings is 1. The monoisotopic (exact) mass is 257 g/mol. The maximum absolute atomic E-state index is 5.18. The van der Waals surface area contributed by atoms with Crippen LogP contribution >= 0.6 is 0 Å². The predicted octanol–water partition coefficient (Wildman–Crippen LogP) is 2.48. The van der Waals surface area contributed by atoms with E-state index < -0.39 is 0 Å². The Kier molecular flexibility index (Phi) is 3.51. The minimum absolute atomic E-state index is 0.535. The second-order valence-electron chi connectivity index (χ2n) is 4.92. The molecule has 100 valence electrons. The number of ether oxygens (including phenoxy) is 1. The molecule has 2 aromatic rings. The molecule has 0 amide bonds. The smallest absolute Gasteiger partial charge is 0.118 e. The topological polar surface area (TPSA) is 39.1 Å². The summed E-state index contributed by atoms with van der Waals surface area (Å²) < 4.78 is 7.29. The first-order chi connectivity index (χ1) is 9.36. The second kappa shape index (κ2) is 5.45. The molecule has 1 saturated heterocycles. The zero-order valence-electron chi connectivity index (χ0n) is 11.2. The average molecular weight is 257 g/mol. The summed E-state index contributed by atoms with van der Waals surface area (Å²) in [6, 6.07) is 8.65. The van der Waals surface area contributed by atoms with E-state index in [1.165, 1.54) is 11.1 Å². The highest BCUT2D eigenvalue weighted by atomic mass is 16.5. The Morgan fingerprint density at radius 2 is 1.89 bits per heavy atom. The molecular formula is C15H19N3O. The Balaban J connectivity index is 1.79. The molecule has 0 atom stereocenters. The maximum atomic E-state index is 5.18. The van der Waals surface area contributed by atoms with E-state index in [0.29, 0.717) is 6.04 Å². The van der Waals surface area contributed by atoms with Gasteiger partial charge in [0.2, 0.25) is 0 Å². The molecular weight excluding hydrogens is 238 g/mol. The standard InChI is InChI=1S/C15H19N3O/c1-19-15-4-2-12(3-5-15)13-10-17-18(11-13)14-6-8-16-9-7-14/h2-5,10-11,14,16H,6-9H2,1H3. The van der Waals surface area contributed by atoms with Crippen molar-refractivity contribution in [3.63, 3.8) is 0 Å². The van der Waals surface area contributed by atoms with E-state index in [-0.39, 0.29) is 0 Å². The first-order valence-corrected chi connectivity index (χ1v) is 6.76. The van der Waals surface area contributed by atoms with Gasteiger partial charge in [-0.3, -0.25) is 4.68 Å². The van der Waals surface area contributed by atoms with Crippen LogP contribution in [0, 0.1) is 0 Å². The summed E-state index contributed by atoms with van der Waals surface area (Å²) in [5.41, 5.74) is 2.35. The van der Waals surface area contributed by atoms with Gasteiger partial charge >= 0.3 is 0 Å². The molecule has 1 aromatic carbocycles. The number of nitrogens with zero attached hydrogens (tertiary/aromatic N) is 2. The van der Waals surface area contributed by atoms with Crippen molar-refractivity contribution in [2.24, 2.45) is 0 Å². The van der Waals surface area contributed by atoms with Gasteiger partial charge < -0.3 is 10.1 Å². The summed E-state index contributed by atoms with van der Waals surface area (Å²) >= 11 is 0. The summed E-state index contributed by atoms with van der Waals surface area (Å²) in [5, 5.41) is 7.90. The molecule has 0 unspecified atom stereocenters. The van der Waals surface area contributed by atoms with E-state index in [4.69, 9.17) is 4.74 Å². The third-order valence-electron chi connectivity index (χ3n) is 3.71. The molecule has 0 radical (unpaired) electrons. The van der Waals surface area contributed by atoms with E-state index in [1.807, 2.05) is 18.3 Å². The predicted molar refractivity (Wildman–Crippen MR) is 75.4 cm³/mol. The fourth-order valence-corrected chi connectivity index (χ4v) is 2.54. The normalized spacial score (nSPS) is 16.5.